The highest BCUT2D eigenvalue weighted by Gasteiger charge is 2.26. The fourth-order valence-corrected chi connectivity index (χ4v) is 2.75. The smallest absolute Gasteiger partial charge is 0.141 e. The number of nitrogens with two attached hydrogens (primary N) is 1. The van der Waals surface area contributed by atoms with Gasteiger partial charge in [0, 0.05) is 25.7 Å². The topological polar surface area (TPSA) is 60.0 Å². The van der Waals surface area contributed by atoms with Crippen molar-refractivity contribution in [3.8, 4) is 5.69 Å². The lowest BCUT2D eigenvalue weighted by atomic mass is 10.1. The lowest BCUT2D eigenvalue weighted by Gasteiger charge is -2.12. The first-order chi connectivity index (χ1) is 10.0. The van der Waals surface area contributed by atoms with Gasteiger partial charge < -0.3 is 5.73 Å². The van der Waals surface area contributed by atoms with Gasteiger partial charge in [-0.25, -0.2) is 9.07 Å². The number of hydrogen-bond donors (Lipinski definition) is 1. The average molecular weight is 346 g/mol. The minimum Gasteiger partial charge on any atom is -0.326 e. The second-order valence-corrected chi connectivity index (χ2v) is 6.00. The second-order valence-electron chi connectivity index (χ2n) is 5.59. The van der Waals surface area contributed by atoms with E-state index in [2.05, 4.69) is 22.1 Å². The number of nitrogens with zero attached hydrogens (tertiary/aromatic N) is 4. The summed E-state index contributed by atoms with van der Waals surface area (Å²) in [7, 11) is 0. The van der Waals surface area contributed by atoms with Gasteiger partial charge in [-0.2, -0.15) is 0 Å². The largest absolute Gasteiger partial charge is 0.326 e. The molecule has 8 heteroatoms. The van der Waals surface area contributed by atoms with Gasteiger partial charge in [0.15, 0.2) is 0 Å². The molecule has 2 unspecified atom stereocenters. The van der Waals surface area contributed by atoms with Crippen LogP contribution in [0.5, 0.6) is 0 Å². The molecule has 22 heavy (non-hydrogen) atoms. The third kappa shape index (κ3) is 3.57. The zero-order valence-corrected chi connectivity index (χ0v) is 13.7. The minimum atomic E-state index is -0.444. The van der Waals surface area contributed by atoms with Crippen molar-refractivity contribution in [2.45, 2.75) is 19.5 Å². The molecule has 2 atom stereocenters. The highest BCUT2D eigenvalue weighted by molar-refractivity contribution is 6.30. The van der Waals surface area contributed by atoms with Crippen molar-refractivity contribution in [2.24, 2.45) is 11.7 Å². The Bertz CT molecular complexity index is 638. The molecule has 0 spiro atoms. The van der Waals surface area contributed by atoms with E-state index in [1.54, 1.807) is 10.7 Å². The van der Waals surface area contributed by atoms with Crippen LogP contribution in [-0.2, 0) is 6.54 Å². The molecule has 1 aliphatic rings. The minimum absolute atomic E-state index is 0. The van der Waals surface area contributed by atoms with Gasteiger partial charge >= 0.3 is 0 Å². The van der Waals surface area contributed by atoms with Gasteiger partial charge in [0.25, 0.3) is 0 Å². The highest BCUT2D eigenvalue weighted by Crippen LogP contribution is 2.19. The number of rotatable bonds is 3. The average Bonchev–Trinajstić information content (AvgIpc) is 3.01. The molecular weight excluding hydrogens is 328 g/mol. The molecule has 0 saturated carbocycles. The van der Waals surface area contributed by atoms with Crippen molar-refractivity contribution < 1.29 is 4.39 Å². The van der Waals surface area contributed by atoms with Gasteiger partial charge in [-0.05, 0) is 24.1 Å². The lowest BCUT2D eigenvalue weighted by molar-refractivity contribution is 0.315. The van der Waals surface area contributed by atoms with E-state index in [4.69, 9.17) is 17.3 Å². The number of aromatic nitrogens is 3. The molecule has 5 nitrogen and oxygen atoms in total. The predicted molar refractivity (Wildman–Crippen MR) is 86.0 cm³/mol. The van der Waals surface area contributed by atoms with Crippen molar-refractivity contribution in [1.29, 1.82) is 0 Å². The van der Waals surface area contributed by atoms with Crippen LogP contribution in [0, 0.1) is 11.7 Å². The summed E-state index contributed by atoms with van der Waals surface area (Å²) in [6.45, 7) is 4.71. The molecule has 0 aliphatic carbocycles. The van der Waals surface area contributed by atoms with E-state index >= 15 is 0 Å². The van der Waals surface area contributed by atoms with E-state index < -0.39 is 5.82 Å². The van der Waals surface area contributed by atoms with E-state index in [-0.39, 0.29) is 23.5 Å². The summed E-state index contributed by atoms with van der Waals surface area (Å²) in [4.78, 5) is 2.27. The molecule has 1 aliphatic heterocycles. The van der Waals surface area contributed by atoms with E-state index in [1.165, 1.54) is 12.1 Å². The number of likely N-dealkylation sites (tertiary alicyclic amines) is 1. The molecule has 1 saturated heterocycles. The Kier molecular flexibility index (Phi) is 5.39. The molecule has 0 bridgehead atoms. The molecule has 2 N–H and O–H groups in total. The van der Waals surface area contributed by atoms with E-state index in [9.17, 15) is 4.39 Å². The molecule has 120 valence electrons. The number of benzene rings is 1. The highest BCUT2D eigenvalue weighted by atomic mass is 35.5. The fourth-order valence-electron chi connectivity index (χ4n) is 2.58. The zero-order valence-electron chi connectivity index (χ0n) is 12.1. The first-order valence-electron chi connectivity index (χ1n) is 6.87. The molecule has 2 aromatic rings. The van der Waals surface area contributed by atoms with Crippen molar-refractivity contribution in [3.05, 3.63) is 40.9 Å². The first kappa shape index (κ1) is 17.1. The summed E-state index contributed by atoms with van der Waals surface area (Å²) >= 11 is 5.78. The summed E-state index contributed by atoms with van der Waals surface area (Å²) in [5.41, 5.74) is 7.56. The van der Waals surface area contributed by atoms with Crippen molar-refractivity contribution in [1.82, 2.24) is 19.9 Å². The van der Waals surface area contributed by atoms with Crippen LogP contribution >= 0.6 is 24.0 Å². The van der Waals surface area contributed by atoms with Crippen LogP contribution in [0.25, 0.3) is 5.69 Å². The normalized spacial score (nSPS) is 21.8. The number of halogens is 3. The van der Waals surface area contributed by atoms with Gasteiger partial charge in [0.05, 0.1) is 22.6 Å². The Balaban J connectivity index is 0.00000176. The maximum absolute atomic E-state index is 13.2. The first-order valence-corrected chi connectivity index (χ1v) is 7.25. The second kappa shape index (κ2) is 6.91. The van der Waals surface area contributed by atoms with Crippen LogP contribution in [0.3, 0.4) is 0 Å². The Morgan fingerprint density at radius 1 is 1.41 bits per heavy atom. The molecule has 0 radical (unpaired) electrons. The summed E-state index contributed by atoms with van der Waals surface area (Å²) in [6, 6.07) is 4.69. The quantitative estimate of drug-likeness (QED) is 0.926. The van der Waals surface area contributed by atoms with Gasteiger partial charge in [-0.1, -0.05) is 23.7 Å². The molecular formula is C14H18Cl2FN5. The van der Waals surface area contributed by atoms with E-state index in [1.807, 2.05) is 6.20 Å². The van der Waals surface area contributed by atoms with Crippen LogP contribution < -0.4 is 5.73 Å². The van der Waals surface area contributed by atoms with Gasteiger partial charge in [-0.15, -0.1) is 17.5 Å². The van der Waals surface area contributed by atoms with Crippen molar-refractivity contribution >= 4 is 24.0 Å². The molecule has 2 heterocycles. The van der Waals surface area contributed by atoms with Gasteiger partial charge in [0.1, 0.15) is 5.82 Å². The van der Waals surface area contributed by atoms with Crippen LogP contribution in [0.1, 0.15) is 12.6 Å². The lowest BCUT2D eigenvalue weighted by Crippen LogP contribution is -2.28. The van der Waals surface area contributed by atoms with Gasteiger partial charge in [-0.3, -0.25) is 4.90 Å². The zero-order chi connectivity index (χ0) is 15.0. The van der Waals surface area contributed by atoms with Crippen molar-refractivity contribution in [3.63, 3.8) is 0 Å². The third-order valence-electron chi connectivity index (χ3n) is 3.84. The van der Waals surface area contributed by atoms with E-state index in [0.717, 1.165) is 18.8 Å². The monoisotopic (exact) mass is 345 g/mol. The van der Waals surface area contributed by atoms with E-state index in [0.29, 0.717) is 18.2 Å². The summed E-state index contributed by atoms with van der Waals surface area (Å²) in [6.07, 6.45) is 1.83. The fraction of sp³-hybridized carbons (Fsp3) is 0.429. The third-order valence-corrected chi connectivity index (χ3v) is 4.13. The Morgan fingerprint density at radius 2 is 2.18 bits per heavy atom. The Labute approximate surface area is 139 Å². The summed E-state index contributed by atoms with van der Waals surface area (Å²) in [5.74, 6) is 0.0525. The molecule has 1 aromatic carbocycles. The van der Waals surface area contributed by atoms with Crippen LogP contribution in [0.15, 0.2) is 24.4 Å². The standard InChI is InChI=1S/C14H17ClFN5.ClH/c1-9-5-20(8-14(9)17)6-10-7-21(19-18-10)11-2-3-13(16)12(15)4-11;/h2-4,7,9,14H,5-6,8,17H2,1H3;1H. The molecule has 1 aromatic heterocycles. The Hall–Kier alpha value is -1.21. The van der Waals surface area contributed by atoms with Crippen molar-refractivity contribution in [2.75, 3.05) is 13.1 Å². The van der Waals surface area contributed by atoms with Crippen LogP contribution in [0.4, 0.5) is 4.39 Å². The maximum atomic E-state index is 13.2. The summed E-state index contributed by atoms with van der Waals surface area (Å²) in [5, 5.41) is 8.29. The summed E-state index contributed by atoms with van der Waals surface area (Å²) < 4.78 is 14.8. The van der Waals surface area contributed by atoms with Crippen LogP contribution in [0.2, 0.25) is 5.02 Å². The number of hydrogen-bond acceptors (Lipinski definition) is 4. The molecule has 1 fully saturated rings. The van der Waals surface area contributed by atoms with Crippen LogP contribution in [-0.4, -0.2) is 39.0 Å². The molecule has 3 rings (SSSR count). The Morgan fingerprint density at radius 3 is 2.82 bits per heavy atom. The maximum Gasteiger partial charge on any atom is 0.141 e. The SMILES string of the molecule is CC1CN(Cc2cn(-c3ccc(F)c(Cl)c3)nn2)CC1N.Cl. The predicted octanol–water partition coefficient (Wildman–Crippen LogP) is 2.26. The van der Waals surface area contributed by atoms with Gasteiger partial charge in [0.2, 0.25) is 0 Å². The molecule has 0 amide bonds.